The Morgan fingerprint density at radius 1 is 1.47 bits per heavy atom. The predicted octanol–water partition coefficient (Wildman–Crippen LogP) is -0.763. The highest BCUT2D eigenvalue weighted by Gasteiger charge is 2.31. The molecular formula is C10H19N3O2. The maximum Gasteiger partial charge on any atom is 0.239 e. The summed E-state index contributed by atoms with van der Waals surface area (Å²) in [5, 5.41) is 8.39. The van der Waals surface area contributed by atoms with E-state index in [1.807, 2.05) is 0 Å². The fourth-order valence-electron chi connectivity index (χ4n) is 1.90. The average Bonchev–Trinajstić information content (AvgIpc) is 2.73. The van der Waals surface area contributed by atoms with E-state index in [1.54, 1.807) is 7.05 Å². The summed E-state index contributed by atoms with van der Waals surface area (Å²) >= 11 is 0. The average molecular weight is 213 g/mol. The third-order valence-electron chi connectivity index (χ3n) is 2.83. The van der Waals surface area contributed by atoms with Gasteiger partial charge in [0.05, 0.1) is 12.5 Å². The highest BCUT2D eigenvalue weighted by atomic mass is 16.2. The van der Waals surface area contributed by atoms with Crippen LogP contribution in [0.5, 0.6) is 0 Å². The molecule has 1 saturated heterocycles. The molecule has 3 N–H and O–H groups in total. The zero-order chi connectivity index (χ0) is 11.3. The summed E-state index contributed by atoms with van der Waals surface area (Å²) < 4.78 is 0. The largest absolute Gasteiger partial charge is 0.358 e. The van der Waals surface area contributed by atoms with E-state index in [4.69, 9.17) is 0 Å². The Morgan fingerprint density at radius 3 is 2.80 bits per heavy atom. The van der Waals surface area contributed by atoms with Gasteiger partial charge in [-0.25, -0.2) is 0 Å². The van der Waals surface area contributed by atoms with E-state index in [-0.39, 0.29) is 30.3 Å². The molecule has 86 valence electrons. The van der Waals surface area contributed by atoms with Gasteiger partial charge in [0.25, 0.3) is 0 Å². The van der Waals surface area contributed by atoms with Crippen LogP contribution in [0.25, 0.3) is 0 Å². The van der Waals surface area contributed by atoms with E-state index >= 15 is 0 Å². The van der Waals surface area contributed by atoms with Gasteiger partial charge in [0.1, 0.15) is 0 Å². The van der Waals surface area contributed by atoms with Crippen molar-refractivity contribution in [1.29, 1.82) is 0 Å². The van der Waals surface area contributed by atoms with E-state index in [2.05, 4.69) is 22.9 Å². The van der Waals surface area contributed by atoms with Crippen LogP contribution in [-0.2, 0) is 9.59 Å². The van der Waals surface area contributed by atoms with Crippen molar-refractivity contribution in [3.05, 3.63) is 0 Å². The summed E-state index contributed by atoms with van der Waals surface area (Å²) in [7, 11) is 1.56. The fraction of sp³-hybridized carbons (Fsp3) is 0.800. The highest BCUT2D eigenvalue weighted by molar-refractivity contribution is 5.86. The molecular weight excluding hydrogens is 194 g/mol. The summed E-state index contributed by atoms with van der Waals surface area (Å²) in [5.41, 5.74) is 0. The SMILES string of the molecule is CCC1NCCC1C(=O)NCC(=O)NC. The first-order valence-electron chi connectivity index (χ1n) is 5.40. The van der Waals surface area contributed by atoms with Gasteiger partial charge in [-0.1, -0.05) is 6.92 Å². The van der Waals surface area contributed by atoms with Gasteiger partial charge in [0.15, 0.2) is 0 Å². The van der Waals surface area contributed by atoms with Gasteiger partial charge in [0, 0.05) is 13.1 Å². The molecule has 1 rings (SSSR count). The standard InChI is InChI=1S/C10H19N3O2/c1-3-8-7(4-5-12-8)10(15)13-6-9(14)11-2/h7-8,12H,3-6H2,1-2H3,(H,11,14)(H,13,15). The second-order valence-electron chi connectivity index (χ2n) is 3.76. The number of hydrogen-bond donors (Lipinski definition) is 3. The predicted molar refractivity (Wildman–Crippen MR) is 57.3 cm³/mol. The summed E-state index contributed by atoms with van der Waals surface area (Å²) in [5.74, 6) is -0.169. The van der Waals surface area contributed by atoms with E-state index in [9.17, 15) is 9.59 Å². The molecule has 0 aromatic carbocycles. The Bertz CT molecular complexity index is 243. The van der Waals surface area contributed by atoms with Gasteiger partial charge < -0.3 is 16.0 Å². The molecule has 2 amide bonds. The molecule has 1 fully saturated rings. The molecule has 0 aromatic heterocycles. The van der Waals surface area contributed by atoms with Gasteiger partial charge in [-0.05, 0) is 19.4 Å². The van der Waals surface area contributed by atoms with E-state index in [0.29, 0.717) is 0 Å². The summed E-state index contributed by atoms with van der Waals surface area (Å²) in [6, 6.07) is 0.259. The van der Waals surface area contributed by atoms with Crippen LogP contribution >= 0.6 is 0 Å². The van der Waals surface area contributed by atoms with Gasteiger partial charge >= 0.3 is 0 Å². The fourth-order valence-corrected chi connectivity index (χ4v) is 1.90. The quantitative estimate of drug-likeness (QED) is 0.575. The second-order valence-corrected chi connectivity index (χ2v) is 3.76. The lowest BCUT2D eigenvalue weighted by molar-refractivity contribution is -0.128. The Labute approximate surface area is 90.0 Å². The molecule has 15 heavy (non-hydrogen) atoms. The Kier molecular flexibility index (Phi) is 4.55. The lowest BCUT2D eigenvalue weighted by Gasteiger charge is -2.16. The van der Waals surface area contributed by atoms with Crippen molar-refractivity contribution in [2.75, 3.05) is 20.1 Å². The molecule has 1 aliphatic rings. The van der Waals surface area contributed by atoms with Crippen molar-refractivity contribution in [3.63, 3.8) is 0 Å². The summed E-state index contributed by atoms with van der Waals surface area (Å²) in [4.78, 5) is 22.6. The lowest BCUT2D eigenvalue weighted by Crippen LogP contribution is -2.42. The number of rotatable bonds is 4. The summed E-state index contributed by atoms with van der Waals surface area (Å²) in [6.07, 6.45) is 1.80. The smallest absolute Gasteiger partial charge is 0.239 e. The Morgan fingerprint density at radius 2 is 2.20 bits per heavy atom. The van der Waals surface area contributed by atoms with Crippen LogP contribution < -0.4 is 16.0 Å². The van der Waals surface area contributed by atoms with Crippen LogP contribution in [0.4, 0.5) is 0 Å². The first-order chi connectivity index (χ1) is 7.19. The molecule has 0 spiro atoms. The third kappa shape index (κ3) is 3.20. The van der Waals surface area contributed by atoms with E-state index in [0.717, 1.165) is 19.4 Å². The minimum absolute atomic E-state index is 0.0136. The van der Waals surface area contributed by atoms with Gasteiger partial charge in [-0.15, -0.1) is 0 Å². The van der Waals surface area contributed by atoms with Crippen molar-refractivity contribution in [2.24, 2.45) is 5.92 Å². The van der Waals surface area contributed by atoms with E-state index < -0.39 is 0 Å². The van der Waals surface area contributed by atoms with Gasteiger partial charge in [-0.3, -0.25) is 9.59 Å². The first-order valence-corrected chi connectivity index (χ1v) is 5.40. The highest BCUT2D eigenvalue weighted by Crippen LogP contribution is 2.17. The molecule has 1 heterocycles. The zero-order valence-corrected chi connectivity index (χ0v) is 9.30. The van der Waals surface area contributed by atoms with Crippen molar-refractivity contribution >= 4 is 11.8 Å². The minimum atomic E-state index is -0.164. The van der Waals surface area contributed by atoms with Crippen LogP contribution in [0, 0.1) is 5.92 Å². The molecule has 1 aliphatic heterocycles. The molecule has 2 atom stereocenters. The maximum atomic E-state index is 11.7. The molecule has 0 aliphatic carbocycles. The Hall–Kier alpha value is -1.10. The van der Waals surface area contributed by atoms with Crippen LogP contribution in [0.3, 0.4) is 0 Å². The minimum Gasteiger partial charge on any atom is -0.358 e. The monoisotopic (exact) mass is 213 g/mol. The maximum absolute atomic E-state index is 11.7. The van der Waals surface area contributed by atoms with Crippen molar-refractivity contribution < 1.29 is 9.59 Å². The van der Waals surface area contributed by atoms with E-state index in [1.165, 1.54) is 0 Å². The van der Waals surface area contributed by atoms with Crippen LogP contribution in [0.15, 0.2) is 0 Å². The number of carbonyl (C=O) groups is 2. The lowest BCUT2D eigenvalue weighted by atomic mass is 9.98. The number of amides is 2. The zero-order valence-electron chi connectivity index (χ0n) is 9.30. The number of nitrogens with one attached hydrogen (secondary N) is 3. The normalized spacial score (nSPS) is 24.9. The van der Waals surface area contributed by atoms with Crippen LogP contribution in [0.2, 0.25) is 0 Å². The number of likely N-dealkylation sites (N-methyl/N-ethyl adjacent to an activating group) is 1. The second kappa shape index (κ2) is 5.70. The molecule has 5 nitrogen and oxygen atoms in total. The van der Waals surface area contributed by atoms with Crippen molar-refractivity contribution in [2.45, 2.75) is 25.8 Å². The molecule has 0 radical (unpaired) electrons. The topological polar surface area (TPSA) is 70.2 Å². The van der Waals surface area contributed by atoms with Crippen molar-refractivity contribution in [3.8, 4) is 0 Å². The van der Waals surface area contributed by atoms with Crippen LogP contribution in [-0.4, -0.2) is 38.0 Å². The van der Waals surface area contributed by atoms with Crippen LogP contribution in [0.1, 0.15) is 19.8 Å². The molecule has 0 aromatic rings. The number of hydrogen-bond acceptors (Lipinski definition) is 3. The first kappa shape index (κ1) is 12.0. The molecule has 0 bridgehead atoms. The van der Waals surface area contributed by atoms with Gasteiger partial charge in [-0.2, -0.15) is 0 Å². The van der Waals surface area contributed by atoms with Crippen molar-refractivity contribution in [1.82, 2.24) is 16.0 Å². The number of carbonyl (C=O) groups excluding carboxylic acids is 2. The van der Waals surface area contributed by atoms with Gasteiger partial charge in [0.2, 0.25) is 11.8 Å². The Balaban J connectivity index is 2.36. The molecule has 5 heteroatoms. The molecule has 2 unspecified atom stereocenters. The third-order valence-corrected chi connectivity index (χ3v) is 2.83. The molecule has 0 saturated carbocycles. The summed E-state index contributed by atoms with van der Waals surface area (Å²) in [6.45, 7) is 3.01.